The summed E-state index contributed by atoms with van der Waals surface area (Å²) < 4.78 is 40.6. The molecule has 0 aliphatic heterocycles. The average molecular weight is 355 g/mol. The fourth-order valence-corrected chi connectivity index (χ4v) is 2.06. The molecule has 0 saturated heterocycles. The van der Waals surface area contributed by atoms with Crippen molar-refractivity contribution in [2.45, 2.75) is 11.2 Å². The van der Waals surface area contributed by atoms with Crippen molar-refractivity contribution in [3.05, 3.63) is 36.0 Å². The molecule has 1 rings (SSSR count). The molecule has 0 aliphatic rings. The number of nitrogens with one attached hydrogen (secondary N) is 2. The quantitative estimate of drug-likeness (QED) is 0.265. The summed E-state index contributed by atoms with van der Waals surface area (Å²) >= 11 is 0. The Labute approximate surface area is 139 Å². The molecule has 1 amide bonds. The summed E-state index contributed by atoms with van der Waals surface area (Å²) in [5, 5.41) is 14.2. The summed E-state index contributed by atoms with van der Waals surface area (Å²) in [7, 11) is -1.40. The van der Waals surface area contributed by atoms with Crippen LogP contribution in [0.2, 0.25) is 0 Å². The van der Waals surface area contributed by atoms with Gasteiger partial charge in [0.05, 0.1) is 11.4 Å². The van der Waals surface area contributed by atoms with E-state index in [1.807, 2.05) is 0 Å². The number of rotatable bonds is 8. The highest BCUT2D eigenvalue weighted by Crippen LogP contribution is 2.14. The maximum Gasteiger partial charge on any atom is 0.294 e. The number of ether oxygens (including phenoxy) is 2. The third kappa shape index (κ3) is 5.98. The fraction of sp³-hybridized carbons (Fsp3) is 0.286. The summed E-state index contributed by atoms with van der Waals surface area (Å²) in [4.78, 5) is 11.7. The van der Waals surface area contributed by atoms with Gasteiger partial charge in [0.15, 0.2) is 6.29 Å². The zero-order valence-electron chi connectivity index (χ0n) is 13.0. The molecule has 3 N–H and O–H groups in total. The molecule has 1 aromatic rings. The molecule has 0 aliphatic carbocycles. The Hall–Kier alpha value is -2.45. The van der Waals surface area contributed by atoms with Crippen LogP contribution in [0, 0.1) is 11.3 Å². The molecule has 130 valence electrons. The van der Waals surface area contributed by atoms with E-state index in [-0.39, 0.29) is 22.7 Å². The number of nitriles is 1. The Balaban J connectivity index is 2.72. The van der Waals surface area contributed by atoms with E-state index in [1.165, 1.54) is 32.6 Å². The van der Waals surface area contributed by atoms with E-state index >= 15 is 0 Å². The second kappa shape index (κ2) is 8.99. The number of benzene rings is 1. The Morgan fingerprint density at radius 3 is 2.38 bits per heavy atom. The zero-order valence-corrected chi connectivity index (χ0v) is 13.8. The molecule has 0 unspecified atom stereocenters. The number of hydrogen-bond acceptors (Lipinski definition) is 7. The van der Waals surface area contributed by atoms with E-state index < -0.39 is 22.3 Å². The van der Waals surface area contributed by atoms with Gasteiger partial charge in [0.25, 0.3) is 16.0 Å². The first-order chi connectivity index (χ1) is 11.3. The van der Waals surface area contributed by atoms with Crippen molar-refractivity contribution in [1.82, 2.24) is 5.32 Å². The van der Waals surface area contributed by atoms with Crippen LogP contribution in [0.25, 0.3) is 0 Å². The van der Waals surface area contributed by atoms with Crippen molar-refractivity contribution < 1.29 is 27.2 Å². The van der Waals surface area contributed by atoms with Crippen LogP contribution in [0.5, 0.6) is 0 Å². The molecule has 0 aromatic heterocycles. The van der Waals surface area contributed by atoms with Gasteiger partial charge in [-0.1, -0.05) is 0 Å². The van der Waals surface area contributed by atoms with Crippen molar-refractivity contribution in [2.24, 2.45) is 0 Å². The van der Waals surface area contributed by atoms with Crippen molar-refractivity contribution in [1.29, 1.82) is 5.26 Å². The van der Waals surface area contributed by atoms with Crippen LogP contribution in [-0.2, 0) is 24.4 Å². The molecule has 0 saturated carbocycles. The van der Waals surface area contributed by atoms with Crippen molar-refractivity contribution in [3.8, 4) is 6.07 Å². The molecule has 9 nitrogen and oxygen atoms in total. The molecule has 0 spiro atoms. The number of methoxy groups -OCH3 is 2. The molecule has 0 heterocycles. The lowest BCUT2D eigenvalue weighted by molar-refractivity contribution is -0.112. The van der Waals surface area contributed by atoms with E-state index in [2.05, 4.69) is 10.6 Å². The van der Waals surface area contributed by atoms with Crippen LogP contribution in [0.3, 0.4) is 0 Å². The molecule has 24 heavy (non-hydrogen) atoms. The lowest BCUT2D eigenvalue weighted by Crippen LogP contribution is -2.27. The van der Waals surface area contributed by atoms with Crippen LogP contribution < -0.4 is 10.6 Å². The third-order valence-corrected chi connectivity index (χ3v) is 3.70. The number of carbonyl (C=O) groups excluding carboxylic acids is 1. The third-order valence-electron chi connectivity index (χ3n) is 2.83. The monoisotopic (exact) mass is 355 g/mol. The highest BCUT2D eigenvalue weighted by Gasteiger charge is 2.12. The van der Waals surface area contributed by atoms with Crippen LogP contribution >= 0.6 is 0 Å². The van der Waals surface area contributed by atoms with E-state index in [4.69, 9.17) is 19.3 Å². The summed E-state index contributed by atoms with van der Waals surface area (Å²) in [6.07, 6.45) is 0.685. The highest BCUT2D eigenvalue weighted by molar-refractivity contribution is 7.85. The topological polar surface area (TPSA) is 138 Å². The van der Waals surface area contributed by atoms with Gasteiger partial charge in [-0.05, 0) is 24.3 Å². The maximum atomic E-state index is 12.0. The van der Waals surface area contributed by atoms with Gasteiger partial charge in [0, 0.05) is 26.1 Å². The fourth-order valence-electron chi connectivity index (χ4n) is 1.58. The minimum atomic E-state index is -4.30. The standard InChI is InChI=1S/C14H17N3O6S/c1-22-13(23-2)9-16-8-10(7-15)14(18)17-11-3-5-12(6-4-11)24(19,20)21/h3-6,8,13,16H,9H2,1-2H3,(H,17,18)(H,19,20,21)/b10-8-. The molecular weight excluding hydrogens is 338 g/mol. The summed E-state index contributed by atoms with van der Waals surface area (Å²) in [5.74, 6) is -0.684. The van der Waals surface area contributed by atoms with E-state index in [0.717, 1.165) is 12.1 Å². The Kier molecular flexibility index (Phi) is 7.34. The molecule has 1 aromatic carbocycles. The number of anilines is 1. The van der Waals surface area contributed by atoms with Gasteiger partial charge in [-0.15, -0.1) is 0 Å². The van der Waals surface area contributed by atoms with Gasteiger partial charge in [0.2, 0.25) is 0 Å². The van der Waals surface area contributed by atoms with E-state index in [0.29, 0.717) is 0 Å². The summed E-state index contributed by atoms with van der Waals surface area (Å²) in [6.45, 7) is 0.231. The van der Waals surface area contributed by atoms with Crippen LogP contribution in [0.15, 0.2) is 40.9 Å². The Morgan fingerprint density at radius 2 is 1.92 bits per heavy atom. The first-order valence-electron chi connectivity index (χ1n) is 6.60. The minimum absolute atomic E-state index is 0.195. The second-order valence-corrected chi connectivity index (χ2v) is 5.85. The lowest BCUT2D eigenvalue weighted by Gasteiger charge is -2.12. The normalized spacial score (nSPS) is 11.9. The van der Waals surface area contributed by atoms with Gasteiger partial charge >= 0.3 is 0 Å². The predicted octanol–water partition coefficient (Wildman–Crippen LogP) is 0.488. The first kappa shape index (κ1) is 19.6. The Bertz CT molecular complexity index is 733. The van der Waals surface area contributed by atoms with Gasteiger partial charge in [-0.3, -0.25) is 9.35 Å². The highest BCUT2D eigenvalue weighted by atomic mass is 32.2. The molecule has 0 atom stereocenters. The van der Waals surface area contributed by atoms with Crippen LogP contribution in [0.1, 0.15) is 0 Å². The largest absolute Gasteiger partial charge is 0.385 e. The maximum absolute atomic E-state index is 12.0. The van der Waals surface area contributed by atoms with Crippen molar-refractivity contribution >= 4 is 21.7 Å². The SMILES string of the molecule is COC(CN/C=C(/C#N)C(=O)Nc1ccc(S(=O)(=O)O)cc1)OC. The summed E-state index contributed by atoms with van der Waals surface area (Å²) in [6, 6.07) is 6.56. The van der Waals surface area contributed by atoms with Gasteiger partial charge in [0.1, 0.15) is 11.6 Å². The second-order valence-electron chi connectivity index (χ2n) is 4.43. The number of amides is 1. The van der Waals surface area contributed by atoms with Crippen molar-refractivity contribution in [2.75, 3.05) is 26.1 Å². The van der Waals surface area contributed by atoms with Crippen LogP contribution in [0.4, 0.5) is 5.69 Å². The van der Waals surface area contributed by atoms with E-state index in [9.17, 15) is 13.2 Å². The van der Waals surface area contributed by atoms with Gasteiger partial charge in [-0.25, -0.2) is 0 Å². The van der Waals surface area contributed by atoms with Gasteiger partial charge < -0.3 is 20.1 Å². The molecule has 0 radical (unpaired) electrons. The molecule has 0 bridgehead atoms. The number of nitrogens with zero attached hydrogens (tertiary/aromatic N) is 1. The lowest BCUT2D eigenvalue weighted by atomic mass is 10.2. The summed E-state index contributed by atoms with van der Waals surface area (Å²) in [5.41, 5.74) is 0.0695. The van der Waals surface area contributed by atoms with E-state index in [1.54, 1.807) is 6.07 Å². The first-order valence-corrected chi connectivity index (χ1v) is 8.04. The van der Waals surface area contributed by atoms with Crippen molar-refractivity contribution in [3.63, 3.8) is 0 Å². The van der Waals surface area contributed by atoms with Crippen LogP contribution in [-0.4, -0.2) is 45.9 Å². The zero-order chi connectivity index (χ0) is 18.2. The average Bonchev–Trinajstić information content (AvgIpc) is 2.54. The number of carbonyl (C=O) groups is 1. The minimum Gasteiger partial charge on any atom is -0.385 e. The molecule has 10 heteroatoms. The number of hydrogen-bond donors (Lipinski definition) is 3. The molecule has 0 fully saturated rings. The smallest absolute Gasteiger partial charge is 0.294 e. The van der Waals surface area contributed by atoms with Gasteiger partial charge in [-0.2, -0.15) is 13.7 Å². The predicted molar refractivity (Wildman–Crippen MR) is 84.4 cm³/mol. The Morgan fingerprint density at radius 1 is 1.33 bits per heavy atom. The molecular formula is C14H17N3O6S.